The summed E-state index contributed by atoms with van der Waals surface area (Å²) in [6.07, 6.45) is 3.52. The number of methoxy groups -OCH3 is 1. The average Bonchev–Trinajstić information content (AvgIpc) is 4.14. The SMILES string of the molecule is C.CC(=O)NC[C@H]1CN(c2ccc(-n3cncn3)c(F)c2)C(=O)O1.CC(=S)NC[C@H]1CN(c2ccc(-n3cncn3)c(F)c2)C(=O)O1.COc1ccc(P2(=S)SP(=S)(c3ccc(C)cc3)S2)cc1.O. The van der Waals surface area contributed by atoms with Gasteiger partial charge in [-0.2, -0.15) is 10.2 Å². The first-order valence-corrected chi connectivity index (χ1v) is 30.2. The number of ether oxygens (including phenoxy) is 3. The number of thiocarbonyl (C=S) groups is 1. The summed E-state index contributed by atoms with van der Waals surface area (Å²) in [4.78, 5) is 45.6. The third-order valence-corrected chi connectivity index (χ3v) is 41.3. The number of aryl methyl sites for hydroxylation is 1. The summed E-state index contributed by atoms with van der Waals surface area (Å²) in [5.74, 6) is -0.375. The number of halogens is 2. The van der Waals surface area contributed by atoms with Crippen molar-refractivity contribution < 1.29 is 42.9 Å². The van der Waals surface area contributed by atoms with Gasteiger partial charge in [-0.05, 0) is 74.5 Å². The van der Waals surface area contributed by atoms with Gasteiger partial charge >= 0.3 is 12.2 Å². The molecular formula is C43H48F2N10O7P2S5. The summed E-state index contributed by atoms with van der Waals surface area (Å²) in [6.45, 7) is 6.45. The number of anilines is 2. The summed E-state index contributed by atoms with van der Waals surface area (Å²) in [5.41, 5.74) is 2.56. The first-order valence-electron chi connectivity index (χ1n) is 20.1. The van der Waals surface area contributed by atoms with Gasteiger partial charge in [-0.1, -0.05) is 95.1 Å². The number of cyclic esters (lactones) is 2. The maximum atomic E-state index is 14.2. The number of nitrogens with zero attached hydrogens (tertiary/aromatic N) is 8. The number of aromatic nitrogens is 6. The zero-order valence-corrected chi connectivity index (χ0v) is 42.5. The molecule has 5 heterocycles. The molecule has 9 rings (SSSR count). The zero-order valence-electron chi connectivity index (χ0n) is 36.6. The molecule has 17 nitrogen and oxygen atoms in total. The Hall–Kier alpha value is -5.32. The summed E-state index contributed by atoms with van der Waals surface area (Å²) in [7, 11) is 1.68. The topological polar surface area (TPSA) is 202 Å². The van der Waals surface area contributed by atoms with E-state index in [2.05, 4.69) is 74.1 Å². The van der Waals surface area contributed by atoms with Gasteiger partial charge in [-0.15, -0.1) is 0 Å². The van der Waals surface area contributed by atoms with E-state index in [1.54, 1.807) is 32.2 Å². The molecule has 3 aliphatic rings. The van der Waals surface area contributed by atoms with E-state index in [0.717, 1.165) is 5.75 Å². The van der Waals surface area contributed by atoms with E-state index in [9.17, 15) is 23.2 Å². The highest BCUT2D eigenvalue weighted by Crippen LogP contribution is 3.04. The van der Waals surface area contributed by atoms with E-state index >= 15 is 0 Å². The van der Waals surface area contributed by atoms with Gasteiger partial charge in [0.1, 0.15) is 54.6 Å². The van der Waals surface area contributed by atoms with Gasteiger partial charge in [-0.25, -0.2) is 37.7 Å². The van der Waals surface area contributed by atoms with Crippen LogP contribution in [-0.4, -0.2) is 104 Å². The van der Waals surface area contributed by atoms with Crippen LogP contribution < -0.4 is 35.8 Å². The Morgan fingerprint density at radius 1 is 0.754 bits per heavy atom. The Kier molecular flexibility index (Phi) is 19.0. The number of nitrogens with one attached hydrogen (secondary N) is 2. The largest absolute Gasteiger partial charge is 0.497 e. The third-order valence-electron chi connectivity index (χ3n) is 9.89. The summed E-state index contributed by atoms with van der Waals surface area (Å²) >= 11 is 20.5. The Labute approximate surface area is 420 Å². The summed E-state index contributed by atoms with van der Waals surface area (Å²) in [6, 6.07) is 25.6. The fourth-order valence-corrected chi connectivity index (χ4v) is 48.9. The molecular weight excluding hydrogens is 1030 g/mol. The quantitative estimate of drug-likeness (QED) is 0.0959. The van der Waals surface area contributed by atoms with E-state index in [1.165, 1.54) is 85.8 Å². The number of carbonyl (C=O) groups excluding carboxylic acids is 3. The van der Waals surface area contributed by atoms with Crippen molar-refractivity contribution in [3.05, 3.63) is 127 Å². The van der Waals surface area contributed by atoms with Crippen molar-refractivity contribution in [2.45, 2.75) is 40.4 Å². The average molecular weight is 1080 g/mol. The molecule has 2 atom stereocenters. The molecule has 6 aromatic rings. The van der Waals surface area contributed by atoms with Crippen LogP contribution in [0.3, 0.4) is 0 Å². The molecule has 0 aliphatic carbocycles. The lowest BCUT2D eigenvalue weighted by Crippen LogP contribution is -2.33. The Bertz CT molecular complexity index is 2720. The number of carbonyl (C=O) groups is 3. The minimum atomic E-state index is -1.62. The number of rotatable bonds is 11. The standard InChI is InChI=1S/C14H14FN5O3.C14H14FN5O2S.C14H14OP2S4.CH4.H2O/c1-9(21)17-5-11-6-19(14(22)23-11)10-2-3-13(12(15)4-10)20-8-16-7-18-20;1-9(23)17-5-11-6-19(14(21)22-11)10-2-3-13(12(15)4-10)20-8-16-7-18-20;1-11-3-7-13(8-4-11)16(18)20-17(19,21-16)14-9-5-12(15-2)6-10-14;;/h2-4,7-8,11H,5-6H2,1H3,(H,17,21);2-4,7-8,11H,5-6H2,1H3,(H,17,23);3-10H,1-2H3;1H4;1H2/t2*11-;;;/m00.../s1. The van der Waals surface area contributed by atoms with Crippen LogP contribution in [0.2, 0.25) is 0 Å². The van der Waals surface area contributed by atoms with Gasteiger partial charge in [0, 0.05) is 17.5 Å². The van der Waals surface area contributed by atoms with E-state index in [1.807, 2.05) is 34.1 Å². The van der Waals surface area contributed by atoms with Gasteiger partial charge < -0.3 is 30.3 Å². The molecule has 69 heavy (non-hydrogen) atoms. The van der Waals surface area contributed by atoms with Crippen LogP contribution in [0.4, 0.5) is 29.7 Å². The van der Waals surface area contributed by atoms with E-state index in [-0.39, 0.29) is 49.4 Å². The van der Waals surface area contributed by atoms with Gasteiger partial charge in [-0.3, -0.25) is 14.6 Å². The molecule has 3 aliphatic heterocycles. The van der Waals surface area contributed by atoms with Gasteiger partial charge in [0.2, 0.25) is 5.91 Å². The molecule has 0 unspecified atom stereocenters. The Morgan fingerprint density at radius 3 is 1.57 bits per heavy atom. The minimum absolute atomic E-state index is 0. The van der Waals surface area contributed by atoms with E-state index in [0.29, 0.717) is 29.5 Å². The molecule has 366 valence electrons. The third kappa shape index (κ3) is 13.5. The molecule has 2 aromatic heterocycles. The number of amides is 3. The maximum Gasteiger partial charge on any atom is 0.414 e. The number of hydrogen-bond donors (Lipinski definition) is 2. The molecule has 0 bridgehead atoms. The van der Waals surface area contributed by atoms with Crippen molar-refractivity contribution in [2.75, 3.05) is 43.1 Å². The smallest absolute Gasteiger partial charge is 0.414 e. The van der Waals surface area contributed by atoms with Crippen LogP contribution in [0.5, 0.6) is 5.75 Å². The van der Waals surface area contributed by atoms with Gasteiger partial charge in [0.25, 0.3) is 0 Å². The second-order valence-corrected chi connectivity index (χ2v) is 36.7. The van der Waals surface area contributed by atoms with Gasteiger partial charge in [0.05, 0.1) is 58.5 Å². The van der Waals surface area contributed by atoms with Crippen LogP contribution in [0, 0.1) is 18.6 Å². The Morgan fingerprint density at radius 2 is 1.19 bits per heavy atom. The lowest BCUT2D eigenvalue weighted by molar-refractivity contribution is -0.119. The fourth-order valence-electron chi connectivity index (χ4n) is 6.53. The van der Waals surface area contributed by atoms with Crippen LogP contribution in [0.15, 0.2) is 110 Å². The first kappa shape index (κ1) is 54.6. The second-order valence-electron chi connectivity index (χ2n) is 14.8. The van der Waals surface area contributed by atoms with Crippen molar-refractivity contribution >= 4 is 112 Å². The fraction of sp³-hybridized carbons (Fsp3) is 0.256. The van der Waals surface area contributed by atoms with Gasteiger partial charge in [0.15, 0.2) is 11.6 Å². The molecule has 0 spiro atoms. The van der Waals surface area contributed by atoms with Crippen molar-refractivity contribution in [3.8, 4) is 17.1 Å². The number of hydrogen-bond acceptors (Lipinski definition) is 15. The molecule has 3 saturated heterocycles. The van der Waals surface area contributed by atoms with Crippen LogP contribution in [0.25, 0.3) is 11.4 Å². The minimum Gasteiger partial charge on any atom is -0.497 e. The highest BCUT2D eigenvalue weighted by atomic mass is 33.7. The molecule has 0 saturated carbocycles. The maximum absolute atomic E-state index is 14.2. The van der Waals surface area contributed by atoms with Crippen molar-refractivity contribution in [3.63, 3.8) is 0 Å². The van der Waals surface area contributed by atoms with E-state index < -0.39 is 38.8 Å². The highest BCUT2D eigenvalue weighted by Gasteiger charge is 2.46. The van der Waals surface area contributed by atoms with Crippen molar-refractivity contribution in [2.24, 2.45) is 0 Å². The number of benzene rings is 4. The van der Waals surface area contributed by atoms with Crippen LogP contribution >= 0.6 is 43.1 Å². The van der Waals surface area contributed by atoms with Crippen LogP contribution in [0.1, 0.15) is 26.8 Å². The predicted molar refractivity (Wildman–Crippen MR) is 280 cm³/mol. The normalized spacial score (nSPS) is 20.0. The molecule has 3 amide bonds. The zero-order chi connectivity index (χ0) is 47.9. The van der Waals surface area contributed by atoms with Crippen LogP contribution in [-0.2, 0) is 37.9 Å². The summed E-state index contributed by atoms with van der Waals surface area (Å²) < 4.78 is 43.5. The molecule has 3 fully saturated rings. The lowest BCUT2D eigenvalue weighted by Gasteiger charge is -2.40. The molecule has 0 radical (unpaired) electrons. The first-order chi connectivity index (χ1) is 32.0. The van der Waals surface area contributed by atoms with E-state index in [4.69, 9.17) is 50.0 Å². The molecule has 4 N–H and O–H groups in total. The molecule has 4 aromatic carbocycles. The molecule has 26 heteroatoms. The second kappa shape index (κ2) is 24.0. The highest BCUT2D eigenvalue weighted by molar-refractivity contribution is 9.48. The Balaban J connectivity index is 0.000000191. The summed E-state index contributed by atoms with van der Waals surface area (Å²) in [5, 5.41) is 15.8. The monoisotopic (exact) mass is 1080 g/mol. The van der Waals surface area contributed by atoms with Crippen molar-refractivity contribution in [1.29, 1.82) is 0 Å². The van der Waals surface area contributed by atoms with Crippen molar-refractivity contribution in [1.82, 2.24) is 40.2 Å². The lowest BCUT2D eigenvalue weighted by atomic mass is 10.2. The predicted octanol–water partition coefficient (Wildman–Crippen LogP) is 7.40.